The molecule has 0 radical (unpaired) electrons. The largest absolute Gasteiger partial charge is 0.482 e. The van der Waals surface area contributed by atoms with Crippen molar-refractivity contribution in [1.82, 2.24) is 4.72 Å². The third-order valence-electron chi connectivity index (χ3n) is 2.71. The van der Waals surface area contributed by atoms with Gasteiger partial charge in [0.15, 0.2) is 6.61 Å². The molecule has 0 saturated heterocycles. The number of nitrogens with one attached hydrogen (secondary N) is 2. The first-order valence-corrected chi connectivity index (χ1v) is 8.68. The molecule has 3 N–H and O–H groups in total. The number of benzene rings is 1. The lowest BCUT2D eigenvalue weighted by Gasteiger charge is -2.08. The van der Waals surface area contributed by atoms with Crippen molar-refractivity contribution < 1.29 is 32.6 Å². The van der Waals surface area contributed by atoms with E-state index in [4.69, 9.17) is 14.6 Å². The molecule has 0 fully saturated rings. The first kappa shape index (κ1) is 19.9. The summed E-state index contributed by atoms with van der Waals surface area (Å²) >= 11 is 0. The minimum Gasteiger partial charge on any atom is -0.482 e. The molecule has 0 unspecified atom stereocenters. The van der Waals surface area contributed by atoms with E-state index in [1.165, 1.54) is 31.4 Å². The summed E-state index contributed by atoms with van der Waals surface area (Å²) in [6, 6.07) is 6.02. The van der Waals surface area contributed by atoms with Crippen LogP contribution in [-0.2, 0) is 24.3 Å². The van der Waals surface area contributed by atoms with Gasteiger partial charge in [0.2, 0.25) is 15.9 Å². The molecule has 0 bridgehead atoms. The minimum absolute atomic E-state index is 0.121. The fourth-order valence-electron chi connectivity index (χ4n) is 1.63. The zero-order valence-corrected chi connectivity index (χ0v) is 14.0. The summed E-state index contributed by atoms with van der Waals surface area (Å²) in [5.74, 6) is -1.40. The average Bonchev–Trinajstić information content (AvgIpc) is 2.52. The van der Waals surface area contributed by atoms with Crippen molar-refractivity contribution >= 4 is 27.6 Å². The molecule has 1 rings (SSSR count). The molecule has 9 nitrogen and oxygen atoms in total. The number of sulfonamides is 1. The van der Waals surface area contributed by atoms with Gasteiger partial charge < -0.3 is 19.9 Å². The van der Waals surface area contributed by atoms with E-state index >= 15 is 0 Å². The molecule has 0 atom stereocenters. The van der Waals surface area contributed by atoms with E-state index in [1.807, 2.05) is 0 Å². The van der Waals surface area contributed by atoms with E-state index in [1.54, 1.807) is 0 Å². The van der Waals surface area contributed by atoms with E-state index in [0.717, 1.165) is 0 Å². The van der Waals surface area contributed by atoms with Crippen molar-refractivity contribution in [1.29, 1.82) is 0 Å². The van der Waals surface area contributed by atoms with Crippen LogP contribution in [0.1, 0.15) is 6.42 Å². The quantitative estimate of drug-likeness (QED) is 0.475. The number of carbonyl (C=O) groups excluding carboxylic acids is 1. The summed E-state index contributed by atoms with van der Waals surface area (Å²) in [7, 11) is -2.05. The standard InChI is InChI=1S/C14H20N2O7S/c1-22-7-2-8-24(20,21)15-9-13(17)16-11-3-5-12(6-4-11)23-10-14(18)19/h3-6,15H,2,7-10H2,1H3,(H,16,17)(H,18,19). The first-order chi connectivity index (χ1) is 11.3. The third-order valence-corrected chi connectivity index (χ3v) is 4.12. The smallest absolute Gasteiger partial charge is 0.341 e. The van der Waals surface area contributed by atoms with E-state index in [9.17, 15) is 18.0 Å². The van der Waals surface area contributed by atoms with Crippen LogP contribution in [0.15, 0.2) is 24.3 Å². The second-order valence-corrected chi connectivity index (χ2v) is 6.67. The van der Waals surface area contributed by atoms with Crippen LogP contribution in [0, 0.1) is 0 Å². The molecule has 0 aliphatic carbocycles. The fourth-order valence-corrected chi connectivity index (χ4v) is 2.62. The van der Waals surface area contributed by atoms with Gasteiger partial charge in [0.05, 0.1) is 12.3 Å². The van der Waals surface area contributed by atoms with Gasteiger partial charge in [-0.25, -0.2) is 17.9 Å². The minimum atomic E-state index is -3.53. The Hall–Kier alpha value is -2.17. The predicted molar refractivity (Wildman–Crippen MR) is 86.5 cm³/mol. The molecule has 0 saturated carbocycles. The van der Waals surface area contributed by atoms with Gasteiger partial charge >= 0.3 is 5.97 Å². The molecule has 24 heavy (non-hydrogen) atoms. The van der Waals surface area contributed by atoms with Crippen molar-refractivity contribution in [3.8, 4) is 5.75 Å². The maximum absolute atomic E-state index is 11.7. The second kappa shape index (κ2) is 9.85. The van der Waals surface area contributed by atoms with Gasteiger partial charge in [-0.3, -0.25) is 4.79 Å². The van der Waals surface area contributed by atoms with Crippen LogP contribution in [0.4, 0.5) is 5.69 Å². The number of carbonyl (C=O) groups is 2. The molecule has 1 aromatic carbocycles. The highest BCUT2D eigenvalue weighted by Crippen LogP contribution is 2.15. The Balaban J connectivity index is 2.40. The summed E-state index contributed by atoms with van der Waals surface area (Å²) < 4.78 is 35.2. The van der Waals surface area contributed by atoms with Crippen molar-refractivity contribution in [2.75, 3.05) is 37.9 Å². The molecule has 0 spiro atoms. The number of hydrogen-bond donors (Lipinski definition) is 3. The zero-order chi connectivity index (χ0) is 18.0. The van der Waals surface area contributed by atoms with Crippen LogP contribution in [0.5, 0.6) is 5.75 Å². The lowest BCUT2D eigenvalue weighted by Crippen LogP contribution is -2.34. The zero-order valence-electron chi connectivity index (χ0n) is 13.1. The number of amides is 1. The number of carboxylic acid groups (broad SMARTS) is 1. The average molecular weight is 360 g/mol. The molecule has 134 valence electrons. The van der Waals surface area contributed by atoms with Crippen LogP contribution in [-0.4, -0.2) is 58.0 Å². The monoisotopic (exact) mass is 360 g/mol. The third kappa shape index (κ3) is 8.46. The predicted octanol–water partition coefficient (Wildman–Crippen LogP) is 0.0444. The van der Waals surface area contributed by atoms with E-state index in [-0.39, 0.29) is 12.3 Å². The topological polar surface area (TPSA) is 131 Å². The van der Waals surface area contributed by atoms with E-state index in [0.29, 0.717) is 24.5 Å². The number of rotatable bonds is 11. The Bertz CT molecular complexity index is 644. The second-order valence-electron chi connectivity index (χ2n) is 4.74. The van der Waals surface area contributed by atoms with Gasteiger partial charge in [0.25, 0.3) is 0 Å². The van der Waals surface area contributed by atoms with Gasteiger partial charge in [-0.05, 0) is 30.7 Å². The molecule has 0 aliphatic rings. The number of ether oxygens (including phenoxy) is 2. The highest BCUT2D eigenvalue weighted by atomic mass is 32.2. The maximum atomic E-state index is 11.7. The number of aliphatic carboxylic acids is 1. The van der Waals surface area contributed by atoms with Gasteiger partial charge in [0.1, 0.15) is 5.75 Å². The lowest BCUT2D eigenvalue weighted by atomic mass is 10.3. The normalized spacial score (nSPS) is 11.0. The Morgan fingerprint density at radius 3 is 2.46 bits per heavy atom. The molecule has 1 amide bonds. The Kier molecular flexibility index (Phi) is 8.16. The van der Waals surface area contributed by atoms with Crippen LogP contribution in [0.25, 0.3) is 0 Å². The molecular weight excluding hydrogens is 340 g/mol. The number of hydrogen-bond acceptors (Lipinski definition) is 6. The van der Waals surface area contributed by atoms with Crippen molar-refractivity contribution in [3.05, 3.63) is 24.3 Å². The molecule has 0 aliphatic heterocycles. The van der Waals surface area contributed by atoms with E-state index < -0.39 is 28.5 Å². The van der Waals surface area contributed by atoms with Crippen LogP contribution in [0.3, 0.4) is 0 Å². The number of anilines is 1. The number of carboxylic acids is 1. The summed E-state index contributed by atoms with van der Waals surface area (Å²) in [5, 5.41) is 11.0. The molecule has 10 heteroatoms. The Labute approximate surface area is 140 Å². The Morgan fingerprint density at radius 2 is 1.88 bits per heavy atom. The molecular formula is C14H20N2O7S. The van der Waals surface area contributed by atoms with Gasteiger partial charge in [0, 0.05) is 19.4 Å². The summed E-state index contributed by atoms with van der Waals surface area (Å²) in [4.78, 5) is 22.1. The summed E-state index contributed by atoms with van der Waals surface area (Å²) in [5.41, 5.74) is 0.432. The Morgan fingerprint density at radius 1 is 1.21 bits per heavy atom. The lowest BCUT2D eigenvalue weighted by molar-refractivity contribution is -0.139. The van der Waals surface area contributed by atoms with Crippen molar-refractivity contribution in [2.24, 2.45) is 0 Å². The van der Waals surface area contributed by atoms with Crippen LogP contribution < -0.4 is 14.8 Å². The van der Waals surface area contributed by atoms with Crippen LogP contribution >= 0.6 is 0 Å². The summed E-state index contributed by atoms with van der Waals surface area (Å²) in [6.45, 7) is -0.521. The van der Waals surface area contributed by atoms with Crippen LogP contribution in [0.2, 0.25) is 0 Å². The van der Waals surface area contributed by atoms with Gasteiger partial charge in [-0.15, -0.1) is 0 Å². The molecule has 0 heterocycles. The fraction of sp³-hybridized carbons (Fsp3) is 0.429. The highest BCUT2D eigenvalue weighted by molar-refractivity contribution is 7.89. The SMILES string of the molecule is COCCCS(=O)(=O)NCC(=O)Nc1ccc(OCC(=O)O)cc1. The molecule has 0 aromatic heterocycles. The van der Waals surface area contributed by atoms with E-state index in [2.05, 4.69) is 10.0 Å². The summed E-state index contributed by atoms with van der Waals surface area (Å²) in [6.07, 6.45) is 0.339. The molecule has 1 aromatic rings. The van der Waals surface area contributed by atoms with Crippen molar-refractivity contribution in [3.63, 3.8) is 0 Å². The highest BCUT2D eigenvalue weighted by Gasteiger charge is 2.12. The van der Waals surface area contributed by atoms with Gasteiger partial charge in [-0.1, -0.05) is 0 Å². The van der Waals surface area contributed by atoms with Gasteiger partial charge in [-0.2, -0.15) is 0 Å². The van der Waals surface area contributed by atoms with Crippen molar-refractivity contribution in [2.45, 2.75) is 6.42 Å². The first-order valence-electron chi connectivity index (χ1n) is 7.03. The number of methoxy groups -OCH3 is 1. The maximum Gasteiger partial charge on any atom is 0.341 e.